The van der Waals surface area contributed by atoms with Gasteiger partial charge in [0.15, 0.2) is 0 Å². The monoisotopic (exact) mass is 273 g/mol. The smallest absolute Gasteiger partial charge is 0.312 e. The Balaban J connectivity index is 2.01. The average Bonchev–Trinajstić information content (AvgIpc) is 3.05. The van der Waals surface area contributed by atoms with Crippen molar-refractivity contribution in [1.82, 2.24) is 0 Å². The summed E-state index contributed by atoms with van der Waals surface area (Å²) in [7, 11) is 0. The summed E-state index contributed by atoms with van der Waals surface area (Å²) in [5.41, 5.74) is 1.41. The number of nitrogens with zero attached hydrogens (tertiary/aromatic N) is 1. The molecule has 3 rings (SSSR count). The number of para-hydroxylation sites is 1. The maximum atomic E-state index is 12.4. The van der Waals surface area contributed by atoms with Gasteiger partial charge in [-0.15, -0.1) is 11.3 Å². The predicted molar refractivity (Wildman–Crippen MR) is 72.8 cm³/mol. The standard InChI is InChI=1S/C14H11NO3S/c16-13(12-6-3-7-19-12)15-8-10(14(17)18)9-4-1-2-5-11(9)15/h1-7,10H,8H2,(H,17,18). The molecule has 1 unspecified atom stereocenters. The Hall–Kier alpha value is -2.14. The van der Waals surface area contributed by atoms with E-state index in [0.29, 0.717) is 16.1 Å². The number of fused-ring (bicyclic) bond motifs is 1. The second-order valence-corrected chi connectivity index (χ2v) is 5.29. The molecule has 2 heterocycles. The predicted octanol–water partition coefficient (Wildman–Crippen LogP) is 2.58. The molecule has 4 nitrogen and oxygen atoms in total. The lowest BCUT2D eigenvalue weighted by Crippen LogP contribution is -2.30. The molecule has 0 fully saturated rings. The second kappa shape index (κ2) is 4.51. The molecule has 1 atom stereocenters. The molecule has 0 radical (unpaired) electrons. The van der Waals surface area contributed by atoms with Crippen molar-refractivity contribution >= 4 is 28.9 Å². The molecular weight excluding hydrogens is 262 g/mol. The average molecular weight is 273 g/mol. The van der Waals surface area contributed by atoms with Crippen molar-refractivity contribution in [2.75, 3.05) is 11.4 Å². The number of carbonyl (C=O) groups excluding carboxylic acids is 1. The van der Waals surface area contributed by atoms with E-state index in [-0.39, 0.29) is 12.5 Å². The van der Waals surface area contributed by atoms with E-state index in [4.69, 9.17) is 0 Å². The highest BCUT2D eigenvalue weighted by Gasteiger charge is 2.36. The molecule has 0 saturated carbocycles. The summed E-state index contributed by atoms with van der Waals surface area (Å²) in [6.07, 6.45) is 0. The normalized spacial score (nSPS) is 17.3. The lowest BCUT2D eigenvalue weighted by atomic mass is 10.0. The molecule has 1 aliphatic rings. The molecule has 2 aromatic rings. The van der Waals surface area contributed by atoms with Gasteiger partial charge < -0.3 is 10.0 Å². The van der Waals surface area contributed by atoms with Crippen molar-refractivity contribution in [3.05, 3.63) is 52.2 Å². The van der Waals surface area contributed by atoms with Crippen LogP contribution in [0.5, 0.6) is 0 Å². The SMILES string of the molecule is O=C(O)C1CN(C(=O)c2cccs2)c2ccccc21. The van der Waals surface area contributed by atoms with Crippen LogP contribution in [-0.4, -0.2) is 23.5 Å². The van der Waals surface area contributed by atoms with Gasteiger partial charge in [-0.2, -0.15) is 0 Å². The minimum Gasteiger partial charge on any atom is -0.481 e. The van der Waals surface area contributed by atoms with Gasteiger partial charge in [0, 0.05) is 12.2 Å². The number of carboxylic acid groups (broad SMARTS) is 1. The summed E-state index contributed by atoms with van der Waals surface area (Å²) in [5.74, 6) is -1.67. The van der Waals surface area contributed by atoms with Crippen LogP contribution in [-0.2, 0) is 4.79 Å². The lowest BCUT2D eigenvalue weighted by molar-refractivity contribution is -0.138. The van der Waals surface area contributed by atoms with Crippen LogP contribution in [0.4, 0.5) is 5.69 Å². The lowest BCUT2D eigenvalue weighted by Gasteiger charge is -2.16. The molecule has 19 heavy (non-hydrogen) atoms. The van der Waals surface area contributed by atoms with Crippen molar-refractivity contribution in [3.8, 4) is 0 Å². The van der Waals surface area contributed by atoms with Gasteiger partial charge in [0.1, 0.15) is 5.92 Å². The molecular formula is C14H11NO3S. The van der Waals surface area contributed by atoms with Crippen LogP contribution in [0, 0.1) is 0 Å². The first kappa shape index (κ1) is 11.9. The first-order chi connectivity index (χ1) is 9.18. The van der Waals surface area contributed by atoms with E-state index in [1.54, 1.807) is 29.2 Å². The van der Waals surface area contributed by atoms with Crippen LogP contribution < -0.4 is 4.90 Å². The van der Waals surface area contributed by atoms with Gasteiger partial charge in [0.2, 0.25) is 0 Å². The van der Waals surface area contributed by atoms with Crippen molar-refractivity contribution in [1.29, 1.82) is 0 Å². The fraction of sp³-hybridized carbons (Fsp3) is 0.143. The molecule has 0 saturated heterocycles. The van der Waals surface area contributed by atoms with Crippen molar-refractivity contribution < 1.29 is 14.7 Å². The third-order valence-corrected chi connectivity index (χ3v) is 4.10. The third kappa shape index (κ3) is 1.92. The quantitative estimate of drug-likeness (QED) is 0.915. The number of carbonyl (C=O) groups is 2. The van der Waals surface area contributed by atoms with E-state index in [9.17, 15) is 14.7 Å². The molecule has 0 spiro atoms. The van der Waals surface area contributed by atoms with Crippen molar-refractivity contribution in [2.45, 2.75) is 5.92 Å². The van der Waals surface area contributed by atoms with Gasteiger partial charge >= 0.3 is 5.97 Å². The summed E-state index contributed by atoms with van der Waals surface area (Å²) in [4.78, 5) is 25.8. The van der Waals surface area contributed by atoms with Gasteiger partial charge in [-0.1, -0.05) is 24.3 Å². The van der Waals surface area contributed by atoms with E-state index in [1.165, 1.54) is 11.3 Å². The molecule has 1 aromatic carbocycles. The Morgan fingerprint density at radius 2 is 2.00 bits per heavy atom. The van der Waals surface area contributed by atoms with Gasteiger partial charge in [-0.05, 0) is 23.1 Å². The number of rotatable bonds is 2. The molecule has 0 aliphatic carbocycles. The van der Waals surface area contributed by atoms with Crippen LogP contribution in [0.2, 0.25) is 0 Å². The van der Waals surface area contributed by atoms with E-state index in [0.717, 1.165) is 0 Å². The van der Waals surface area contributed by atoms with Gasteiger partial charge in [0.05, 0.1) is 4.88 Å². The highest BCUT2D eigenvalue weighted by molar-refractivity contribution is 7.12. The first-order valence-electron chi connectivity index (χ1n) is 5.85. The molecule has 1 aliphatic heterocycles. The fourth-order valence-corrected chi connectivity index (χ4v) is 3.02. The number of anilines is 1. The number of hydrogen-bond donors (Lipinski definition) is 1. The minimum atomic E-state index is -0.895. The number of amides is 1. The van der Waals surface area contributed by atoms with Gasteiger partial charge in [-0.25, -0.2) is 0 Å². The van der Waals surface area contributed by atoms with Gasteiger partial charge in [0.25, 0.3) is 5.91 Å². The zero-order valence-electron chi connectivity index (χ0n) is 9.95. The number of benzene rings is 1. The van der Waals surface area contributed by atoms with Crippen molar-refractivity contribution in [3.63, 3.8) is 0 Å². The summed E-state index contributed by atoms with van der Waals surface area (Å²) in [6.45, 7) is 0.200. The molecule has 0 bridgehead atoms. The van der Waals surface area contributed by atoms with Crippen LogP contribution in [0.1, 0.15) is 21.2 Å². The highest BCUT2D eigenvalue weighted by Crippen LogP contribution is 2.37. The Kier molecular flexibility index (Phi) is 2.83. The van der Waals surface area contributed by atoms with Crippen LogP contribution in [0.15, 0.2) is 41.8 Å². The summed E-state index contributed by atoms with van der Waals surface area (Å²) >= 11 is 1.36. The summed E-state index contributed by atoms with van der Waals surface area (Å²) in [5, 5.41) is 11.1. The third-order valence-electron chi connectivity index (χ3n) is 3.24. The van der Waals surface area contributed by atoms with Crippen LogP contribution in [0.3, 0.4) is 0 Å². The zero-order chi connectivity index (χ0) is 13.4. The number of thiophene rings is 1. The molecule has 1 N–H and O–H groups in total. The second-order valence-electron chi connectivity index (χ2n) is 4.34. The first-order valence-corrected chi connectivity index (χ1v) is 6.73. The van der Waals surface area contributed by atoms with Crippen LogP contribution >= 0.6 is 11.3 Å². The van der Waals surface area contributed by atoms with Gasteiger partial charge in [-0.3, -0.25) is 9.59 Å². The number of aliphatic carboxylic acids is 1. The number of hydrogen-bond acceptors (Lipinski definition) is 3. The topological polar surface area (TPSA) is 57.6 Å². The highest BCUT2D eigenvalue weighted by atomic mass is 32.1. The van der Waals surface area contributed by atoms with E-state index in [2.05, 4.69) is 0 Å². The largest absolute Gasteiger partial charge is 0.481 e. The Bertz CT molecular complexity index is 636. The molecule has 5 heteroatoms. The minimum absolute atomic E-state index is 0.133. The Morgan fingerprint density at radius 1 is 1.21 bits per heavy atom. The van der Waals surface area contributed by atoms with E-state index >= 15 is 0 Å². The maximum Gasteiger partial charge on any atom is 0.312 e. The molecule has 1 amide bonds. The maximum absolute atomic E-state index is 12.4. The Morgan fingerprint density at radius 3 is 2.68 bits per heavy atom. The van der Waals surface area contributed by atoms with E-state index < -0.39 is 11.9 Å². The fourth-order valence-electron chi connectivity index (χ4n) is 2.34. The summed E-state index contributed by atoms with van der Waals surface area (Å²) < 4.78 is 0. The van der Waals surface area contributed by atoms with E-state index in [1.807, 2.05) is 17.5 Å². The van der Waals surface area contributed by atoms with Crippen molar-refractivity contribution in [2.24, 2.45) is 0 Å². The zero-order valence-corrected chi connectivity index (χ0v) is 10.8. The Labute approximate surface area is 113 Å². The summed E-state index contributed by atoms with van der Waals surface area (Å²) in [6, 6.07) is 10.8. The molecule has 1 aromatic heterocycles. The molecule has 96 valence electrons. The van der Waals surface area contributed by atoms with Crippen LogP contribution in [0.25, 0.3) is 0 Å². The number of carboxylic acids is 1.